The summed E-state index contributed by atoms with van der Waals surface area (Å²) in [6.07, 6.45) is 2.56. The molecule has 2 heterocycles. The van der Waals surface area contributed by atoms with Crippen LogP contribution in [0.4, 0.5) is 23.1 Å². The molecule has 28 heavy (non-hydrogen) atoms. The molecule has 1 aliphatic heterocycles. The Morgan fingerprint density at radius 2 is 2.07 bits per heavy atom. The van der Waals surface area contributed by atoms with Crippen LogP contribution in [0, 0.1) is 16.7 Å². The SMILES string of the molecule is CC[C@]1(C#N)CCN(c2ccnc(Nc3ccc(N(C)C(C)=O)cc3)n2)C1=O. The fourth-order valence-corrected chi connectivity index (χ4v) is 3.14. The highest BCUT2D eigenvalue weighted by atomic mass is 16.2. The van der Waals surface area contributed by atoms with Gasteiger partial charge in [0.1, 0.15) is 11.2 Å². The fourth-order valence-electron chi connectivity index (χ4n) is 3.14. The molecule has 0 radical (unpaired) electrons. The van der Waals surface area contributed by atoms with Crippen LogP contribution in [-0.2, 0) is 9.59 Å². The third-order valence-electron chi connectivity index (χ3n) is 5.13. The summed E-state index contributed by atoms with van der Waals surface area (Å²) in [5.41, 5.74) is 0.574. The van der Waals surface area contributed by atoms with Gasteiger partial charge in [-0.1, -0.05) is 6.92 Å². The molecule has 2 amide bonds. The topological polar surface area (TPSA) is 102 Å². The van der Waals surface area contributed by atoms with Crippen molar-refractivity contribution >= 4 is 35.0 Å². The Morgan fingerprint density at radius 3 is 2.64 bits per heavy atom. The van der Waals surface area contributed by atoms with E-state index in [1.165, 1.54) is 6.92 Å². The van der Waals surface area contributed by atoms with Gasteiger partial charge in [-0.25, -0.2) is 4.98 Å². The monoisotopic (exact) mass is 378 g/mol. The number of hydrogen-bond acceptors (Lipinski definition) is 6. The summed E-state index contributed by atoms with van der Waals surface area (Å²) in [5.74, 6) is 0.566. The Bertz CT molecular complexity index is 936. The van der Waals surface area contributed by atoms with E-state index in [0.29, 0.717) is 31.2 Å². The second-order valence-electron chi connectivity index (χ2n) is 6.74. The van der Waals surface area contributed by atoms with E-state index in [1.54, 1.807) is 29.1 Å². The molecule has 8 nitrogen and oxygen atoms in total. The van der Waals surface area contributed by atoms with Crippen LogP contribution in [0.15, 0.2) is 36.5 Å². The van der Waals surface area contributed by atoms with E-state index in [2.05, 4.69) is 21.4 Å². The highest BCUT2D eigenvalue weighted by Crippen LogP contribution is 2.36. The smallest absolute Gasteiger partial charge is 0.248 e. The van der Waals surface area contributed by atoms with Crippen molar-refractivity contribution in [3.05, 3.63) is 36.5 Å². The van der Waals surface area contributed by atoms with Crippen molar-refractivity contribution in [1.82, 2.24) is 9.97 Å². The molecular weight excluding hydrogens is 356 g/mol. The summed E-state index contributed by atoms with van der Waals surface area (Å²) in [7, 11) is 1.71. The molecule has 0 saturated carbocycles. The molecular formula is C20H22N6O2. The normalized spacial score (nSPS) is 18.6. The molecule has 1 aromatic heterocycles. The quantitative estimate of drug-likeness (QED) is 0.858. The predicted molar refractivity (Wildman–Crippen MR) is 106 cm³/mol. The van der Waals surface area contributed by atoms with Gasteiger partial charge in [-0.3, -0.25) is 14.5 Å². The lowest BCUT2D eigenvalue weighted by atomic mass is 9.85. The molecule has 2 aromatic rings. The van der Waals surface area contributed by atoms with E-state index in [9.17, 15) is 14.9 Å². The second-order valence-corrected chi connectivity index (χ2v) is 6.74. The number of benzene rings is 1. The van der Waals surface area contributed by atoms with Gasteiger partial charge in [0.05, 0.1) is 6.07 Å². The summed E-state index contributed by atoms with van der Waals surface area (Å²) in [6, 6.07) is 11.1. The average molecular weight is 378 g/mol. The molecule has 1 saturated heterocycles. The zero-order chi connectivity index (χ0) is 20.3. The number of amides is 2. The standard InChI is InChI=1S/C20H22N6O2/c1-4-20(13-21)10-12-26(18(20)28)17-9-11-22-19(24-17)23-15-5-7-16(8-6-15)25(3)14(2)27/h5-9,11H,4,10,12H2,1-3H3,(H,22,23,24)/t20-/m1/s1. The zero-order valence-corrected chi connectivity index (χ0v) is 16.1. The lowest BCUT2D eigenvalue weighted by Gasteiger charge is -2.19. The molecule has 1 aliphatic rings. The number of nitriles is 1. The van der Waals surface area contributed by atoms with Gasteiger partial charge in [0, 0.05) is 38.1 Å². The van der Waals surface area contributed by atoms with E-state index < -0.39 is 5.41 Å². The van der Waals surface area contributed by atoms with Crippen molar-refractivity contribution in [3.8, 4) is 6.07 Å². The minimum Gasteiger partial charge on any atom is -0.324 e. The first kappa shape index (κ1) is 19.3. The van der Waals surface area contributed by atoms with E-state index in [4.69, 9.17) is 0 Å². The second kappa shape index (κ2) is 7.64. The fraction of sp³-hybridized carbons (Fsp3) is 0.350. The first-order chi connectivity index (χ1) is 13.4. The van der Waals surface area contributed by atoms with Crippen molar-refractivity contribution < 1.29 is 9.59 Å². The van der Waals surface area contributed by atoms with Crippen molar-refractivity contribution in [2.24, 2.45) is 5.41 Å². The van der Waals surface area contributed by atoms with Crippen LogP contribution in [0.1, 0.15) is 26.7 Å². The third-order valence-corrected chi connectivity index (χ3v) is 5.13. The van der Waals surface area contributed by atoms with Gasteiger partial charge in [-0.2, -0.15) is 10.2 Å². The van der Waals surface area contributed by atoms with Crippen LogP contribution in [-0.4, -0.2) is 35.4 Å². The van der Waals surface area contributed by atoms with Crippen LogP contribution in [0.3, 0.4) is 0 Å². The average Bonchev–Trinajstić information content (AvgIpc) is 3.05. The lowest BCUT2D eigenvalue weighted by Crippen LogP contribution is -2.33. The minimum absolute atomic E-state index is 0.0486. The number of carbonyl (C=O) groups is 2. The van der Waals surface area contributed by atoms with E-state index in [1.807, 2.05) is 31.2 Å². The summed E-state index contributed by atoms with van der Waals surface area (Å²) in [6.45, 7) is 3.82. The molecule has 144 valence electrons. The number of nitrogens with one attached hydrogen (secondary N) is 1. The van der Waals surface area contributed by atoms with Crippen molar-refractivity contribution in [1.29, 1.82) is 5.26 Å². The van der Waals surface area contributed by atoms with E-state index in [0.717, 1.165) is 11.4 Å². The van der Waals surface area contributed by atoms with Gasteiger partial charge in [0.2, 0.25) is 17.8 Å². The Labute approximate surface area is 163 Å². The number of nitrogens with zero attached hydrogens (tertiary/aromatic N) is 5. The van der Waals surface area contributed by atoms with Crippen LogP contribution in [0.5, 0.6) is 0 Å². The molecule has 0 bridgehead atoms. The van der Waals surface area contributed by atoms with Crippen LogP contribution in [0.2, 0.25) is 0 Å². The Kier molecular flexibility index (Phi) is 5.27. The van der Waals surface area contributed by atoms with Crippen LogP contribution < -0.4 is 15.1 Å². The lowest BCUT2D eigenvalue weighted by molar-refractivity contribution is -0.123. The van der Waals surface area contributed by atoms with Gasteiger partial charge in [-0.05, 0) is 43.2 Å². The Hall–Kier alpha value is -3.47. The Morgan fingerprint density at radius 1 is 1.36 bits per heavy atom. The molecule has 3 rings (SSSR count). The molecule has 1 N–H and O–H groups in total. The number of rotatable bonds is 5. The van der Waals surface area contributed by atoms with Gasteiger partial charge in [0.25, 0.3) is 0 Å². The van der Waals surface area contributed by atoms with E-state index >= 15 is 0 Å². The Balaban J connectivity index is 1.77. The molecule has 1 aromatic carbocycles. The minimum atomic E-state index is -0.961. The summed E-state index contributed by atoms with van der Waals surface area (Å²) in [5, 5.41) is 12.5. The number of hydrogen-bond donors (Lipinski definition) is 1. The van der Waals surface area contributed by atoms with Crippen molar-refractivity contribution in [2.75, 3.05) is 28.7 Å². The van der Waals surface area contributed by atoms with Crippen molar-refractivity contribution in [3.63, 3.8) is 0 Å². The summed E-state index contributed by atoms with van der Waals surface area (Å²) in [4.78, 5) is 35.9. The maximum Gasteiger partial charge on any atom is 0.248 e. The van der Waals surface area contributed by atoms with Gasteiger partial charge in [0.15, 0.2) is 0 Å². The molecule has 1 atom stereocenters. The van der Waals surface area contributed by atoms with Gasteiger partial charge < -0.3 is 10.2 Å². The van der Waals surface area contributed by atoms with E-state index in [-0.39, 0.29) is 11.8 Å². The summed E-state index contributed by atoms with van der Waals surface area (Å²) < 4.78 is 0. The predicted octanol–water partition coefficient (Wildman–Crippen LogP) is 2.86. The molecule has 8 heteroatoms. The first-order valence-electron chi connectivity index (χ1n) is 9.08. The maximum absolute atomic E-state index is 12.7. The van der Waals surface area contributed by atoms with Crippen LogP contribution >= 0.6 is 0 Å². The molecule has 0 aliphatic carbocycles. The van der Waals surface area contributed by atoms with Crippen LogP contribution in [0.25, 0.3) is 0 Å². The maximum atomic E-state index is 12.7. The molecule has 0 unspecified atom stereocenters. The highest BCUT2D eigenvalue weighted by Gasteiger charge is 2.46. The number of anilines is 4. The van der Waals surface area contributed by atoms with Crippen molar-refractivity contribution in [2.45, 2.75) is 26.7 Å². The zero-order valence-electron chi connectivity index (χ0n) is 16.1. The van der Waals surface area contributed by atoms with Gasteiger partial charge in [-0.15, -0.1) is 0 Å². The molecule has 1 fully saturated rings. The molecule has 0 spiro atoms. The number of aromatic nitrogens is 2. The third kappa shape index (κ3) is 3.51. The first-order valence-corrected chi connectivity index (χ1v) is 9.08. The summed E-state index contributed by atoms with van der Waals surface area (Å²) >= 11 is 0. The highest BCUT2D eigenvalue weighted by molar-refractivity contribution is 6.01. The number of carbonyl (C=O) groups excluding carboxylic acids is 2. The van der Waals surface area contributed by atoms with Gasteiger partial charge >= 0.3 is 0 Å². The largest absolute Gasteiger partial charge is 0.324 e.